The van der Waals surface area contributed by atoms with Gasteiger partial charge in [-0.3, -0.25) is 0 Å². The minimum absolute atomic E-state index is 1.30. The Bertz CT molecular complexity index is 1010. The zero-order valence-electron chi connectivity index (χ0n) is 17.1. The van der Waals surface area contributed by atoms with E-state index in [2.05, 4.69) is 139 Å². The Labute approximate surface area is 182 Å². The van der Waals surface area contributed by atoms with E-state index in [4.69, 9.17) is 0 Å². The third-order valence-corrected chi connectivity index (χ3v) is 15.9. The fourth-order valence-electron chi connectivity index (χ4n) is 4.79. The van der Waals surface area contributed by atoms with Crippen LogP contribution in [-0.4, -0.2) is 0 Å². The zero-order chi connectivity index (χ0) is 20.5. The molecule has 0 aliphatic rings. The molecule has 4 aromatic rings. The summed E-state index contributed by atoms with van der Waals surface area (Å²) in [6.45, 7) is 6.69. The van der Waals surface area contributed by atoms with Gasteiger partial charge in [0.15, 0.2) is 0 Å². The van der Waals surface area contributed by atoms with Crippen molar-refractivity contribution in [3.63, 3.8) is 0 Å². The number of hydrogen-bond donors (Lipinski definition) is 0. The number of aryl methyl sites for hydroxylation is 3. The maximum atomic E-state index is 4.58. The summed E-state index contributed by atoms with van der Waals surface area (Å²) in [5.41, 5.74) is 3.96. The molecule has 29 heavy (non-hydrogen) atoms. The van der Waals surface area contributed by atoms with E-state index >= 15 is 0 Å². The number of halogens is 1. The van der Waals surface area contributed by atoms with E-state index in [1.165, 1.54) is 37.9 Å². The van der Waals surface area contributed by atoms with Crippen LogP contribution in [0.25, 0.3) is 0 Å². The van der Waals surface area contributed by atoms with E-state index < -0.39 is 5.31 Å². The van der Waals surface area contributed by atoms with Crippen molar-refractivity contribution in [3.05, 3.63) is 120 Å². The summed E-state index contributed by atoms with van der Waals surface area (Å²) in [7, 11) is 0. The molecule has 0 spiro atoms. The second-order valence-corrected chi connectivity index (χ2v) is 16.0. The molecule has 0 aliphatic heterocycles. The molecule has 0 aromatic heterocycles. The molecule has 0 heterocycles. The molecule has 0 atom stereocenters. The van der Waals surface area contributed by atoms with Crippen molar-refractivity contribution in [3.8, 4) is 0 Å². The van der Waals surface area contributed by atoms with Gasteiger partial charge >= 0.3 is 183 Å². The van der Waals surface area contributed by atoms with E-state index in [0.717, 1.165) is 0 Å². The van der Waals surface area contributed by atoms with E-state index in [-0.39, 0.29) is 0 Å². The summed E-state index contributed by atoms with van der Waals surface area (Å²) in [4.78, 5) is 0. The Balaban J connectivity index is 2.30. The van der Waals surface area contributed by atoms with Crippen molar-refractivity contribution in [2.24, 2.45) is 0 Å². The van der Waals surface area contributed by atoms with Crippen LogP contribution in [0.1, 0.15) is 16.7 Å². The van der Waals surface area contributed by atoms with Crippen LogP contribution in [0.2, 0.25) is 0 Å². The van der Waals surface area contributed by atoms with Crippen LogP contribution in [0, 0.1) is 20.8 Å². The van der Waals surface area contributed by atoms with Crippen LogP contribution in [0.3, 0.4) is 0 Å². The minimum atomic E-state index is -3.12. The Morgan fingerprint density at radius 1 is 0.517 bits per heavy atom. The van der Waals surface area contributed by atoms with Crippen molar-refractivity contribution in [2.45, 2.75) is 20.8 Å². The molecule has 0 saturated heterocycles. The monoisotopic (exact) mass is 460 g/mol. The summed E-state index contributed by atoms with van der Waals surface area (Å²) in [5, 5.41) is 2.26. The molecule has 0 radical (unpaired) electrons. The summed E-state index contributed by atoms with van der Waals surface area (Å²) < 4.78 is 0. The molecule has 0 fully saturated rings. The van der Waals surface area contributed by atoms with Gasteiger partial charge in [-0.2, -0.15) is 0 Å². The van der Waals surface area contributed by atoms with Crippen molar-refractivity contribution < 1.29 is 0 Å². The van der Waals surface area contributed by atoms with Crippen LogP contribution >= 0.6 is 20.8 Å². The van der Waals surface area contributed by atoms with E-state index in [1.807, 2.05) is 0 Å². The molecule has 0 bridgehead atoms. The maximum absolute atomic E-state index is 4.58. The van der Waals surface area contributed by atoms with Crippen LogP contribution < -0.4 is 21.2 Å². The first-order valence-electron chi connectivity index (χ1n) is 9.95. The Morgan fingerprint density at radius 3 is 1.14 bits per heavy atom. The van der Waals surface area contributed by atoms with Gasteiger partial charge in [0, 0.05) is 0 Å². The van der Waals surface area contributed by atoms with Crippen LogP contribution in [0.5, 0.6) is 0 Å². The molecule has 0 aliphatic carbocycles. The summed E-state index contributed by atoms with van der Waals surface area (Å²) >= 11 is 4.58. The molecule has 0 nitrogen and oxygen atoms in total. The normalized spacial score (nSPS) is 12.9. The first-order valence-corrected chi connectivity index (χ1v) is 14.2. The molecule has 2 heteroatoms. The number of rotatable bonds is 4. The second kappa shape index (κ2) is 7.56. The van der Waals surface area contributed by atoms with Gasteiger partial charge in [-0.15, -0.1) is 0 Å². The van der Waals surface area contributed by atoms with Crippen molar-refractivity contribution in [1.82, 2.24) is 0 Å². The summed E-state index contributed by atoms with van der Waals surface area (Å²) in [5.74, 6) is 0. The molecule has 0 N–H and O–H groups in total. The first kappa shape index (κ1) is 20.1. The molecular formula is C27H26BrP. The van der Waals surface area contributed by atoms with Gasteiger partial charge in [0.2, 0.25) is 0 Å². The van der Waals surface area contributed by atoms with Gasteiger partial charge in [-0.25, -0.2) is 0 Å². The quantitative estimate of drug-likeness (QED) is 0.324. The summed E-state index contributed by atoms with van der Waals surface area (Å²) in [6.07, 6.45) is 0. The molecule has 146 valence electrons. The third kappa shape index (κ3) is 3.00. The van der Waals surface area contributed by atoms with Crippen LogP contribution in [0.4, 0.5) is 0 Å². The van der Waals surface area contributed by atoms with Crippen molar-refractivity contribution in [2.75, 3.05) is 0 Å². The first-order chi connectivity index (χ1) is 14.0. The molecule has 0 saturated carbocycles. The van der Waals surface area contributed by atoms with Crippen molar-refractivity contribution in [1.29, 1.82) is 0 Å². The molecule has 4 rings (SSSR count). The standard InChI is InChI=1S/C27H26BrP/c1-21-19-22(2)27(23(3)20-21)29(28,24-13-7-4-8-14-24,25-15-9-5-10-16-25)26-17-11-6-12-18-26/h4-20H,1-3H3. The Morgan fingerprint density at radius 2 is 0.828 bits per heavy atom. The fourth-order valence-corrected chi connectivity index (χ4v) is 13.9. The predicted octanol–water partition coefficient (Wildman–Crippen LogP) is 6.08. The van der Waals surface area contributed by atoms with Crippen molar-refractivity contribution >= 4 is 42.0 Å². The van der Waals surface area contributed by atoms with E-state index in [1.54, 1.807) is 0 Å². The third-order valence-electron chi connectivity index (χ3n) is 5.78. The second-order valence-electron chi connectivity index (χ2n) is 7.76. The topological polar surface area (TPSA) is 0 Å². The van der Waals surface area contributed by atoms with Gasteiger partial charge in [-0.1, -0.05) is 0 Å². The van der Waals surface area contributed by atoms with Gasteiger partial charge < -0.3 is 0 Å². The average Bonchev–Trinajstić information content (AvgIpc) is 2.75. The van der Waals surface area contributed by atoms with Crippen LogP contribution in [0.15, 0.2) is 103 Å². The van der Waals surface area contributed by atoms with Gasteiger partial charge in [0.1, 0.15) is 0 Å². The molecule has 0 unspecified atom stereocenters. The van der Waals surface area contributed by atoms with Gasteiger partial charge in [-0.05, 0) is 0 Å². The van der Waals surface area contributed by atoms with Crippen LogP contribution in [-0.2, 0) is 0 Å². The van der Waals surface area contributed by atoms with E-state index in [0.29, 0.717) is 0 Å². The Hall–Kier alpha value is -2.21. The number of benzene rings is 4. The molecule has 0 amide bonds. The molecule has 4 aromatic carbocycles. The molecular weight excluding hydrogens is 435 g/mol. The van der Waals surface area contributed by atoms with Gasteiger partial charge in [0.05, 0.1) is 0 Å². The summed E-state index contributed by atoms with van der Waals surface area (Å²) in [6, 6.07) is 37.6. The Kier molecular flexibility index (Phi) is 5.23. The van der Waals surface area contributed by atoms with Gasteiger partial charge in [0.25, 0.3) is 0 Å². The van der Waals surface area contributed by atoms with E-state index in [9.17, 15) is 0 Å². The number of hydrogen-bond acceptors (Lipinski definition) is 0. The zero-order valence-corrected chi connectivity index (χ0v) is 19.6. The SMILES string of the molecule is Cc1cc(C)c(P(Br)(c2ccccc2)(c2ccccc2)c2ccccc2)c(C)c1. The fraction of sp³-hybridized carbons (Fsp3) is 0.111. The predicted molar refractivity (Wildman–Crippen MR) is 134 cm³/mol. The average molecular weight is 461 g/mol.